The van der Waals surface area contributed by atoms with Gasteiger partial charge in [0.25, 0.3) is 0 Å². The van der Waals surface area contributed by atoms with Crippen LogP contribution in [0.1, 0.15) is 4.88 Å². The van der Waals surface area contributed by atoms with Gasteiger partial charge in [0.15, 0.2) is 0 Å². The topological polar surface area (TPSA) is 3.24 Å². The Balaban J connectivity index is 2.47. The molecule has 1 heterocycles. The van der Waals surface area contributed by atoms with Crippen LogP contribution in [0.4, 0.5) is 0 Å². The van der Waals surface area contributed by atoms with E-state index in [1.165, 1.54) is 8.66 Å². The Morgan fingerprint density at radius 2 is 2.42 bits per heavy atom. The first-order valence-electron chi connectivity index (χ1n) is 3.58. The van der Waals surface area contributed by atoms with Crippen molar-refractivity contribution in [2.45, 2.75) is 6.54 Å². The Morgan fingerprint density at radius 3 is 2.92 bits per heavy atom. The van der Waals surface area contributed by atoms with Crippen LogP contribution in [0.25, 0.3) is 0 Å². The maximum Gasteiger partial charge on any atom is 0.0701 e. The smallest absolute Gasteiger partial charge is 0.0701 e. The molecule has 0 saturated carbocycles. The molecule has 0 unspecified atom stereocenters. The van der Waals surface area contributed by atoms with Crippen molar-refractivity contribution in [2.24, 2.45) is 0 Å². The molecule has 0 N–H and O–H groups in total. The minimum atomic E-state index is 0.704. The predicted molar refractivity (Wildman–Crippen MR) is 57.2 cm³/mol. The van der Waals surface area contributed by atoms with Gasteiger partial charge in [0.2, 0.25) is 0 Å². The normalized spacial score (nSPS) is 10.2. The Labute approximate surface area is 85.5 Å². The summed E-state index contributed by atoms with van der Waals surface area (Å²) in [7, 11) is 2.02. The minimum absolute atomic E-state index is 0.704. The van der Waals surface area contributed by atoms with E-state index in [-0.39, 0.29) is 0 Å². The maximum absolute atomic E-state index is 5.19. The first kappa shape index (κ1) is 9.79. The Kier molecular flexibility index (Phi) is 3.80. The van der Waals surface area contributed by atoms with Gasteiger partial charge in [0.1, 0.15) is 0 Å². The quantitative estimate of drug-likeness (QED) is 0.738. The molecule has 0 bridgehead atoms. The molecule has 12 heavy (non-hydrogen) atoms. The third-order valence-corrected chi connectivity index (χ3v) is 3.02. The molecule has 0 spiro atoms. The van der Waals surface area contributed by atoms with Gasteiger partial charge in [-0.2, -0.15) is 0 Å². The number of halogens is 1. The van der Waals surface area contributed by atoms with E-state index in [9.17, 15) is 0 Å². The molecule has 1 aromatic heterocycles. The van der Waals surface area contributed by atoms with E-state index in [0.29, 0.717) is 6.54 Å². The summed E-state index contributed by atoms with van der Waals surface area (Å²) < 4.78 is 1.17. The zero-order valence-corrected chi connectivity index (χ0v) is 9.28. The third-order valence-electron chi connectivity index (χ3n) is 1.42. The fraction of sp³-hybridized carbons (Fsp3) is 0.333. The van der Waals surface area contributed by atoms with Crippen LogP contribution in [-0.2, 0) is 6.54 Å². The lowest BCUT2D eigenvalue weighted by atomic mass is 10.4. The molecule has 0 amide bonds. The van der Waals surface area contributed by atoms with Gasteiger partial charge >= 0.3 is 0 Å². The second-order valence-corrected chi connectivity index (χ2v) is 5.13. The van der Waals surface area contributed by atoms with Crippen LogP contribution in [0.3, 0.4) is 0 Å². The van der Waals surface area contributed by atoms with E-state index >= 15 is 0 Å². The molecule has 0 aliphatic heterocycles. The SMILES string of the molecule is C#CCN(C)Cc1ccc(Br)s1. The number of thiophene rings is 1. The molecule has 0 aromatic carbocycles. The highest BCUT2D eigenvalue weighted by Crippen LogP contribution is 2.22. The lowest BCUT2D eigenvalue weighted by Gasteiger charge is -2.10. The van der Waals surface area contributed by atoms with E-state index in [1.54, 1.807) is 11.3 Å². The number of terminal acetylenes is 1. The van der Waals surface area contributed by atoms with E-state index < -0.39 is 0 Å². The van der Waals surface area contributed by atoms with Gasteiger partial charge < -0.3 is 0 Å². The van der Waals surface area contributed by atoms with Crippen molar-refractivity contribution in [1.82, 2.24) is 4.90 Å². The van der Waals surface area contributed by atoms with Crippen LogP contribution in [0.2, 0.25) is 0 Å². The first-order valence-corrected chi connectivity index (χ1v) is 5.19. The van der Waals surface area contributed by atoms with Gasteiger partial charge in [-0.25, -0.2) is 0 Å². The molecular weight excluding hydrogens is 234 g/mol. The molecule has 0 saturated heterocycles. The summed E-state index contributed by atoms with van der Waals surface area (Å²) in [6, 6.07) is 4.17. The van der Waals surface area contributed by atoms with Gasteiger partial charge in [-0.3, -0.25) is 4.90 Å². The zero-order chi connectivity index (χ0) is 8.97. The van der Waals surface area contributed by atoms with Gasteiger partial charge in [-0.1, -0.05) is 5.92 Å². The van der Waals surface area contributed by atoms with Crippen LogP contribution < -0.4 is 0 Å². The van der Waals surface area contributed by atoms with E-state index in [4.69, 9.17) is 6.42 Å². The van der Waals surface area contributed by atoms with Crippen molar-refractivity contribution in [3.05, 3.63) is 20.8 Å². The van der Waals surface area contributed by atoms with E-state index in [1.807, 2.05) is 7.05 Å². The van der Waals surface area contributed by atoms with Crippen molar-refractivity contribution >= 4 is 27.3 Å². The summed E-state index contributed by atoms with van der Waals surface area (Å²) >= 11 is 5.17. The highest BCUT2D eigenvalue weighted by Gasteiger charge is 2.00. The zero-order valence-electron chi connectivity index (χ0n) is 6.88. The molecule has 0 aliphatic carbocycles. The highest BCUT2D eigenvalue weighted by molar-refractivity contribution is 9.11. The molecule has 0 atom stereocenters. The first-order chi connectivity index (χ1) is 5.72. The fourth-order valence-corrected chi connectivity index (χ4v) is 2.48. The molecule has 1 rings (SSSR count). The number of nitrogens with zero attached hydrogens (tertiary/aromatic N) is 1. The monoisotopic (exact) mass is 243 g/mol. The van der Waals surface area contributed by atoms with Crippen LogP contribution in [0.15, 0.2) is 15.9 Å². The molecular formula is C9H10BrNS. The fourth-order valence-electron chi connectivity index (χ4n) is 0.914. The second-order valence-electron chi connectivity index (χ2n) is 2.58. The van der Waals surface area contributed by atoms with Crippen molar-refractivity contribution in [1.29, 1.82) is 0 Å². The van der Waals surface area contributed by atoms with Gasteiger partial charge in [0, 0.05) is 11.4 Å². The van der Waals surface area contributed by atoms with Gasteiger partial charge in [-0.05, 0) is 35.1 Å². The summed E-state index contributed by atoms with van der Waals surface area (Å²) in [5.41, 5.74) is 0. The van der Waals surface area contributed by atoms with Crippen molar-refractivity contribution < 1.29 is 0 Å². The predicted octanol–water partition coefficient (Wildman–Crippen LogP) is 2.58. The van der Waals surface area contributed by atoms with Gasteiger partial charge in [0.05, 0.1) is 10.3 Å². The van der Waals surface area contributed by atoms with Gasteiger partial charge in [-0.15, -0.1) is 17.8 Å². The molecule has 0 radical (unpaired) electrons. The van der Waals surface area contributed by atoms with E-state index in [2.05, 4.69) is 38.9 Å². The van der Waals surface area contributed by atoms with Crippen molar-refractivity contribution in [3.63, 3.8) is 0 Å². The van der Waals surface area contributed by atoms with Crippen LogP contribution >= 0.6 is 27.3 Å². The minimum Gasteiger partial charge on any atom is -0.290 e. The summed E-state index contributed by atoms with van der Waals surface area (Å²) in [5.74, 6) is 2.61. The number of hydrogen-bond acceptors (Lipinski definition) is 2. The Morgan fingerprint density at radius 1 is 1.67 bits per heavy atom. The summed E-state index contributed by atoms with van der Waals surface area (Å²) in [6.45, 7) is 1.63. The van der Waals surface area contributed by atoms with E-state index in [0.717, 1.165) is 6.54 Å². The molecule has 1 aromatic rings. The van der Waals surface area contributed by atoms with Crippen molar-refractivity contribution in [3.8, 4) is 12.3 Å². The maximum atomic E-state index is 5.19. The Bertz CT molecular complexity index is 287. The standard InChI is InChI=1S/C9H10BrNS/c1-3-6-11(2)7-8-4-5-9(10)12-8/h1,4-5H,6-7H2,2H3. The third kappa shape index (κ3) is 2.98. The highest BCUT2D eigenvalue weighted by atomic mass is 79.9. The molecule has 0 fully saturated rings. The number of rotatable bonds is 3. The largest absolute Gasteiger partial charge is 0.290 e. The Hall–Kier alpha value is -0.300. The van der Waals surface area contributed by atoms with Crippen LogP contribution in [0.5, 0.6) is 0 Å². The average molecular weight is 244 g/mol. The van der Waals surface area contributed by atoms with Crippen LogP contribution in [0, 0.1) is 12.3 Å². The lowest BCUT2D eigenvalue weighted by Crippen LogP contribution is -2.16. The molecule has 3 heteroatoms. The van der Waals surface area contributed by atoms with Crippen molar-refractivity contribution in [2.75, 3.05) is 13.6 Å². The summed E-state index contributed by atoms with van der Waals surface area (Å²) in [4.78, 5) is 3.44. The molecule has 64 valence electrons. The molecule has 1 nitrogen and oxygen atoms in total. The number of hydrogen-bond donors (Lipinski definition) is 0. The molecule has 0 aliphatic rings. The summed E-state index contributed by atoms with van der Waals surface area (Å²) in [6.07, 6.45) is 5.19. The second kappa shape index (κ2) is 4.66. The van der Waals surface area contributed by atoms with Crippen LogP contribution in [-0.4, -0.2) is 18.5 Å². The average Bonchev–Trinajstić information content (AvgIpc) is 2.36. The summed E-state index contributed by atoms with van der Waals surface area (Å²) in [5, 5.41) is 0. The lowest BCUT2D eigenvalue weighted by molar-refractivity contribution is 0.372.